The summed E-state index contributed by atoms with van der Waals surface area (Å²) in [5, 5.41) is 9.68. The average molecular weight is 346 g/mol. The molecule has 0 spiro atoms. The molecule has 0 aliphatic rings. The first-order valence-electron chi connectivity index (χ1n) is 8.24. The average Bonchev–Trinajstić information content (AvgIpc) is 3.16. The van der Waals surface area contributed by atoms with E-state index in [1.165, 1.54) is 0 Å². The lowest BCUT2D eigenvalue weighted by Crippen LogP contribution is -2.12. The number of aryl methyl sites for hydroxylation is 2. The molecular weight excluding hydrogens is 328 g/mol. The number of aromatic nitrogens is 3. The zero-order chi connectivity index (χ0) is 18.7. The number of ether oxygens (including phenoxy) is 1. The van der Waals surface area contributed by atoms with Gasteiger partial charge in [0.15, 0.2) is 0 Å². The highest BCUT2D eigenvalue weighted by Gasteiger charge is 2.23. The summed E-state index contributed by atoms with van der Waals surface area (Å²) in [7, 11) is 0. The Hall–Kier alpha value is -3.46. The number of nitrogens with zero attached hydrogens (tertiary/aromatic N) is 4. The summed E-state index contributed by atoms with van der Waals surface area (Å²) < 4.78 is 7.07. The van der Waals surface area contributed by atoms with Crippen molar-refractivity contribution in [3.8, 4) is 22.9 Å². The summed E-state index contributed by atoms with van der Waals surface area (Å²) >= 11 is 0. The fraction of sp³-hybridized carbons (Fsp3) is 0.200. The number of carbonyl (C=O) groups is 1. The number of benzene rings is 1. The van der Waals surface area contributed by atoms with Gasteiger partial charge in [-0.05, 0) is 38.5 Å². The Morgan fingerprint density at radius 3 is 2.77 bits per heavy atom. The van der Waals surface area contributed by atoms with Crippen LogP contribution in [0.5, 0.6) is 0 Å². The molecule has 0 unspecified atom stereocenters. The van der Waals surface area contributed by atoms with Crippen LogP contribution in [0.2, 0.25) is 0 Å². The second-order valence-electron chi connectivity index (χ2n) is 5.76. The van der Waals surface area contributed by atoms with E-state index in [0.717, 1.165) is 11.3 Å². The van der Waals surface area contributed by atoms with Crippen LogP contribution in [0.1, 0.15) is 34.2 Å². The van der Waals surface area contributed by atoms with Gasteiger partial charge in [0.05, 0.1) is 35.4 Å². The summed E-state index contributed by atoms with van der Waals surface area (Å²) in [6.07, 6.45) is 5.22. The Morgan fingerprint density at radius 1 is 1.31 bits per heavy atom. The third kappa shape index (κ3) is 3.07. The molecule has 6 heteroatoms. The number of rotatable bonds is 4. The standard InChI is InChI=1S/C20H18N4O2/c1-4-26-20(25)18-14(3)23-13(2)17(11-21)19(18)15-6-5-7-16(10-15)24-9-8-22-12-24/h5-10,12H,4H2,1-3H3. The maximum atomic E-state index is 12.6. The maximum absolute atomic E-state index is 12.6. The predicted octanol–water partition coefficient (Wildman–Crippen LogP) is 3.60. The number of hydrogen-bond donors (Lipinski definition) is 0. The Kier molecular flexibility index (Phi) is 4.81. The van der Waals surface area contributed by atoms with E-state index in [2.05, 4.69) is 16.0 Å². The van der Waals surface area contributed by atoms with E-state index in [4.69, 9.17) is 4.74 Å². The van der Waals surface area contributed by atoms with E-state index >= 15 is 0 Å². The van der Waals surface area contributed by atoms with Crippen molar-refractivity contribution < 1.29 is 9.53 Å². The molecular formula is C20H18N4O2. The molecule has 3 rings (SSSR count). The molecule has 0 saturated heterocycles. The van der Waals surface area contributed by atoms with Crippen molar-refractivity contribution in [2.75, 3.05) is 6.61 Å². The van der Waals surface area contributed by atoms with Gasteiger partial charge >= 0.3 is 5.97 Å². The monoisotopic (exact) mass is 346 g/mol. The van der Waals surface area contributed by atoms with Crippen LogP contribution in [0.15, 0.2) is 43.0 Å². The van der Waals surface area contributed by atoms with Crippen molar-refractivity contribution in [1.82, 2.24) is 14.5 Å². The molecule has 1 aromatic carbocycles. The fourth-order valence-electron chi connectivity index (χ4n) is 2.96. The van der Waals surface area contributed by atoms with Crippen LogP contribution in [0.3, 0.4) is 0 Å². The quantitative estimate of drug-likeness (QED) is 0.674. The van der Waals surface area contributed by atoms with Crippen molar-refractivity contribution in [2.24, 2.45) is 0 Å². The maximum Gasteiger partial charge on any atom is 0.340 e. The molecule has 0 amide bonds. The number of imidazole rings is 1. The second kappa shape index (κ2) is 7.19. The van der Waals surface area contributed by atoms with E-state index in [-0.39, 0.29) is 6.61 Å². The summed E-state index contributed by atoms with van der Waals surface area (Å²) in [6.45, 7) is 5.52. The molecule has 2 aromatic heterocycles. The van der Waals surface area contributed by atoms with Crippen molar-refractivity contribution in [3.05, 3.63) is 65.5 Å². The molecule has 0 saturated carbocycles. The summed E-state index contributed by atoms with van der Waals surface area (Å²) in [4.78, 5) is 21.0. The van der Waals surface area contributed by atoms with Gasteiger partial charge in [0.2, 0.25) is 0 Å². The molecule has 0 N–H and O–H groups in total. The number of pyridine rings is 1. The smallest absolute Gasteiger partial charge is 0.340 e. The zero-order valence-electron chi connectivity index (χ0n) is 14.9. The highest BCUT2D eigenvalue weighted by Crippen LogP contribution is 2.32. The second-order valence-corrected chi connectivity index (χ2v) is 5.76. The van der Waals surface area contributed by atoms with Gasteiger partial charge in [0.1, 0.15) is 6.07 Å². The summed E-state index contributed by atoms with van der Waals surface area (Å²) in [5.41, 5.74) is 4.02. The number of hydrogen-bond acceptors (Lipinski definition) is 5. The van der Waals surface area contributed by atoms with Gasteiger partial charge in [0, 0.05) is 23.6 Å². The summed E-state index contributed by atoms with van der Waals surface area (Å²) in [5.74, 6) is -0.475. The minimum Gasteiger partial charge on any atom is -0.462 e. The Morgan fingerprint density at radius 2 is 2.12 bits per heavy atom. The molecule has 130 valence electrons. The molecule has 0 radical (unpaired) electrons. The Labute approximate surface area is 151 Å². The van der Waals surface area contributed by atoms with Crippen LogP contribution >= 0.6 is 0 Å². The van der Waals surface area contributed by atoms with Gasteiger partial charge in [-0.3, -0.25) is 4.98 Å². The highest BCUT2D eigenvalue weighted by molar-refractivity contribution is 6.00. The van der Waals surface area contributed by atoms with Crippen molar-refractivity contribution >= 4 is 5.97 Å². The van der Waals surface area contributed by atoms with Crippen LogP contribution in [0.4, 0.5) is 0 Å². The van der Waals surface area contributed by atoms with E-state index in [1.54, 1.807) is 33.3 Å². The largest absolute Gasteiger partial charge is 0.462 e. The van der Waals surface area contributed by atoms with Gasteiger partial charge in [-0.2, -0.15) is 5.26 Å². The molecule has 0 aliphatic heterocycles. The third-order valence-electron chi connectivity index (χ3n) is 4.09. The fourth-order valence-corrected chi connectivity index (χ4v) is 2.96. The molecule has 0 atom stereocenters. The highest BCUT2D eigenvalue weighted by atomic mass is 16.5. The lowest BCUT2D eigenvalue weighted by molar-refractivity contribution is 0.0526. The first-order chi connectivity index (χ1) is 12.6. The topological polar surface area (TPSA) is 80.8 Å². The van der Waals surface area contributed by atoms with Crippen LogP contribution in [-0.2, 0) is 4.74 Å². The van der Waals surface area contributed by atoms with E-state index in [9.17, 15) is 10.1 Å². The van der Waals surface area contributed by atoms with Crippen molar-refractivity contribution in [3.63, 3.8) is 0 Å². The molecule has 0 fully saturated rings. The van der Waals surface area contributed by atoms with Crippen LogP contribution < -0.4 is 0 Å². The number of esters is 1. The van der Waals surface area contributed by atoms with Crippen molar-refractivity contribution in [2.45, 2.75) is 20.8 Å². The van der Waals surface area contributed by atoms with Crippen LogP contribution in [-0.4, -0.2) is 27.1 Å². The van der Waals surface area contributed by atoms with Gasteiger partial charge in [-0.25, -0.2) is 9.78 Å². The minimum absolute atomic E-state index is 0.253. The summed E-state index contributed by atoms with van der Waals surface area (Å²) in [6, 6.07) is 9.79. The Bertz CT molecular complexity index is 1000. The first kappa shape index (κ1) is 17.4. The molecule has 6 nitrogen and oxygen atoms in total. The SMILES string of the molecule is CCOC(=O)c1c(C)nc(C)c(C#N)c1-c1cccc(-n2ccnc2)c1. The van der Waals surface area contributed by atoms with Crippen LogP contribution in [0.25, 0.3) is 16.8 Å². The normalized spacial score (nSPS) is 10.4. The van der Waals surface area contributed by atoms with Gasteiger partial charge in [0.25, 0.3) is 0 Å². The zero-order valence-corrected chi connectivity index (χ0v) is 14.9. The first-order valence-corrected chi connectivity index (χ1v) is 8.24. The lowest BCUT2D eigenvalue weighted by atomic mass is 9.93. The molecule has 0 bridgehead atoms. The molecule has 26 heavy (non-hydrogen) atoms. The van der Waals surface area contributed by atoms with Crippen molar-refractivity contribution in [1.29, 1.82) is 5.26 Å². The molecule has 2 heterocycles. The lowest BCUT2D eigenvalue weighted by Gasteiger charge is -2.16. The van der Waals surface area contributed by atoms with E-state index in [0.29, 0.717) is 28.1 Å². The van der Waals surface area contributed by atoms with Gasteiger partial charge in [-0.15, -0.1) is 0 Å². The molecule has 3 aromatic rings. The number of carbonyl (C=O) groups excluding carboxylic acids is 1. The molecule has 0 aliphatic carbocycles. The minimum atomic E-state index is -0.475. The third-order valence-corrected chi connectivity index (χ3v) is 4.09. The van der Waals surface area contributed by atoms with Crippen LogP contribution in [0, 0.1) is 25.2 Å². The van der Waals surface area contributed by atoms with Gasteiger partial charge < -0.3 is 9.30 Å². The van der Waals surface area contributed by atoms with E-state index in [1.807, 2.05) is 35.0 Å². The predicted molar refractivity (Wildman–Crippen MR) is 96.9 cm³/mol. The van der Waals surface area contributed by atoms with Gasteiger partial charge in [-0.1, -0.05) is 12.1 Å². The van der Waals surface area contributed by atoms with E-state index < -0.39 is 5.97 Å². The number of nitriles is 1. The Balaban J connectivity index is 2.28.